The van der Waals surface area contributed by atoms with Gasteiger partial charge >= 0.3 is 0 Å². The smallest absolute Gasteiger partial charge is 0.226 e. The number of hydrogen-bond acceptors (Lipinski definition) is 5. The summed E-state index contributed by atoms with van der Waals surface area (Å²) < 4.78 is 10.6. The van der Waals surface area contributed by atoms with Gasteiger partial charge in [-0.1, -0.05) is 30.3 Å². The Morgan fingerprint density at radius 3 is 2.88 bits per heavy atom. The minimum atomic E-state index is -0.0242. The molecule has 1 aliphatic heterocycles. The Morgan fingerprint density at radius 2 is 2.08 bits per heavy atom. The second-order valence-electron chi connectivity index (χ2n) is 6.06. The quantitative estimate of drug-likeness (QED) is 0.736. The minimum Gasteiger partial charge on any atom is -0.475 e. The van der Waals surface area contributed by atoms with Gasteiger partial charge in [-0.25, -0.2) is 4.99 Å². The summed E-state index contributed by atoms with van der Waals surface area (Å²) in [5.41, 5.74) is 3.89. The molecular weight excluding hydrogens is 330 g/mol. The van der Waals surface area contributed by atoms with Crippen molar-refractivity contribution in [2.75, 3.05) is 26.9 Å². The first-order valence-electron chi connectivity index (χ1n) is 8.71. The molecule has 0 radical (unpaired) electrons. The standard InChI is InChI=1S/C20H23N3O3/c1-25-9-10-26-20-18-14-22-17(11-16(18)13-23-20)12-19(24)21-8-7-15-5-3-2-4-6-15/h2-6,11,14H,7-10,12-13H2,1H3,(H,21,24). The zero-order chi connectivity index (χ0) is 18.2. The van der Waals surface area contributed by atoms with Crippen LogP contribution in [0.4, 0.5) is 0 Å². The van der Waals surface area contributed by atoms with Crippen LogP contribution in [0.1, 0.15) is 22.4 Å². The molecule has 0 spiro atoms. The zero-order valence-corrected chi connectivity index (χ0v) is 14.9. The van der Waals surface area contributed by atoms with E-state index < -0.39 is 0 Å². The van der Waals surface area contributed by atoms with E-state index in [1.54, 1.807) is 13.3 Å². The second kappa shape index (κ2) is 9.10. The molecule has 3 rings (SSSR count). The SMILES string of the molecule is COCCOC1=NCc2cc(CC(=O)NCCc3ccccc3)ncc21. The number of aromatic nitrogens is 1. The fourth-order valence-corrected chi connectivity index (χ4v) is 2.77. The maximum atomic E-state index is 12.1. The lowest BCUT2D eigenvalue weighted by molar-refractivity contribution is -0.120. The molecule has 26 heavy (non-hydrogen) atoms. The van der Waals surface area contributed by atoms with Crippen molar-refractivity contribution in [1.82, 2.24) is 10.3 Å². The number of benzene rings is 1. The van der Waals surface area contributed by atoms with E-state index in [1.165, 1.54) is 5.56 Å². The first-order valence-corrected chi connectivity index (χ1v) is 8.71. The number of hydrogen-bond donors (Lipinski definition) is 1. The molecule has 2 aromatic rings. The Balaban J connectivity index is 1.48. The number of nitrogens with one attached hydrogen (secondary N) is 1. The molecule has 1 aliphatic rings. The van der Waals surface area contributed by atoms with E-state index in [9.17, 15) is 4.79 Å². The Kier molecular flexibility index (Phi) is 6.33. The van der Waals surface area contributed by atoms with Gasteiger partial charge in [0.15, 0.2) is 0 Å². The average molecular weight is 353 g/mol. The Hall–Kier alpha value is -2.73. The summed E-state index contributed by atoms with van der Waals surface area (Å²) in [6.07, 6.45) is 2.82. The lowest BCUT2D eigenvalue weighted by atomic mass is 10.1. The average Bonchev–Trinajstić information content (AvgIpc) is 3.05. The van der Waals surface area contributed by atoms with Gasteiger partial charge in [-0.15, -0.1) is 0 Å². The third-order valence-corrected chi connectivity index (χ3v) is 4.12. The molecule has 0 atom stereocenters. The number of fused-ring (bicyclic) bond motifs is 1. The van der Waals surface area contributed by atoms with Gasteiger partial charge in [0.05, 0.1) is 30.8 Å². The predicted molar refractivity (Wildman–Crippen MR) is 99.2 cm³/mol. The molecule has 1 amide bonds. The number of amides is 1. The van der Waals surface area contributed by atoms with Crippen molar-refractivity contribution in [3.63, 3.8) is 0 Å². The third-order valence-electron chi connectivity index (χ3n) is 4.12. The van der Waals surface area contributed by atoms with Crippen LogP contribution in [0.2, 0.25) is 0 Å². The number of aliphatic imine (C=N–C) groups is 1. The number of carbonyl (C=O) groups is 1. The van der Waals surface area contributed by atoms with Gasteiger partial charge in [-0.05, 0) is 23.6 Å². The van der Waals surface area contributed by atoms with Crippen LogP contribution in [0.25, 0.3) is 0 Å². The fourth-order valence-electron chi connectivity index (χ4n) is 2.77. The molecule has 136 valence electrons. The highest BCUT2D eigenvalue weighted by Gasteiger charge is 2.19. The van der Waals surface area contributed by atoms with Gasteiger partial charge in [0, 0.05) is 19.9 Å². The van der Waals surface area contributed by atoms with Crippen molar-refractivity contribution in [2.24, 2.45) is 4.99 Å². The molecule has 6 nitrogen and oxygen atoms in total. The third kappa shape index (κ3) is 4.89. The normalized spacial score (nSPS) is 12.4. The van der Waals surface area contributed by atoms with Gasteiger partial charge < -0.3 is 14.8 Å². The van der Waals surface area contributed by atoms with Gasteiger partial charge in [-0.2, -0.15) is 0 Å². The molecule has 6 heteroatoms. The van der Waals surface area contributed by atoms with E-state index in [0.29, 0.717) is 32.2 Å². The number of rotatable bonds is 8. The maximum Gasteiger partial charge on any atom is 0.226 e. The van der Waals surface area contributed by atoms with Crippen molar-refractivity contribution in [1.29, 1.82) is 0 Å². The zero-order valence-electron chi connectivity index (χ0n) is 14.9. The van der Waals surface area contributed by atoms with E-state index in [-0.39, 0.29) is 12.3 Å². The minimum absolute atomic E-state index is 0.0242. The lowest BCUT2D eigenvalue weighted by Gasteiger charge is -2.08. The van der Waals surface area contributed by atoms with E-state index in [1.807, 2.05) is 24.3 Å². The summed E-state index contributed by atoms with van der Waals surface area (Å²) in [5, 5.41) is 2.94. The van der Waals surface area contributed by atoms with E-state index in [2.05, 4.69) is 27.4 Å². The number of methoxy groups -OCH3 is 1. The first-order chi connectivity index (χ1) is 12.8. The highest BCUT2D eigenvalue weighted by atomic mass is 16.5. The van der Waals surface area contributed by atoms with Gasteiger partial charge in [-0.3, -0.25) is 9.78 Å². The Morgan fingerprint density at radius 1 is 1.23 bits per heavy atom. The summed E-state index contributed by atoms with van der Waals surface area (Å²) in [6.45, 7) is 2.15. The highest BCUT2D eigenvalue weighted by Crippen LogP contribution is 2.19. The van der Waals surface area contributed by atoms with Gasteiger partial charge in [0.25, 0.3) is 0 Å². The Labute approximate surface area is 153 Å². The van der Waals surface area contributed by atoms with Crippen molar-refractivity contribution >= 4 is 11.8 Å². The molecule has 1 aromatic carbocycles. The largest absolute Gasteiger partial charge is 0.475 e. The highest BCUT2D eigenvalue weighted by molar-refractivity contribution is 5.97. The topological polar surface area (TPSA) is 72.8 Å². The van der Waals surface area contributed by atoms with Crippen LogP contribution in [-0.2, 0) is 33.7 Å². The van der Waals surface area contributed by atoms with Crippen LogP contribution in [0.5, 0.6) is 0 Å². The number of pyridine rings is 1. The van der Waals surface area contributed by atoms with Crippen LogP contribution in [-0.4, -0.2) is 43.7 Å². The van der Waals surface area contributed by atoms with Crippen LogP contribution in [0, 0.1) is 0 Å². The van der Waals surface area contributed by atoms with E-state index in [4.69, 9.17) is 9.47 Å². The maximum absolute atomic E-state index is 12.1. The Bertz CT molecular complexity index is 775. The molecule has 0 bridgehead atoms. The first kappa shape index (κ1) is 18.1. The monoisotopic (exact) mass is 353 g/mol. The van der Waals surface area contributed by atoms with Crippen LogP contribution in [0.3, 0.4) is 0 Å². The molecule has 1 N–H and O–H groups in total. The van der Waals surface area contributed by atoms with E-state index >= 15 is 0 Å². The fraction of sp³-hybridized carbons (Fsp3) is 0.350. The molecule has 1 aromatic heterocycles. The van der Waals surface area contributed by atoms with Crippen molar-refractivity contribution in [3.05, 3.63) is 65.0 Å². The van der Waals surface area contributed by atoms with Gasteiger partial charge in [0.1, 0.15) is 6.61 Å². The van der Waals surface area contributed by atoms with Crippen molar-refractivity contribution < 1.29 is 14.3 Å². The number of nitrogens with zero attached hydrogens (tertiary/aromatic N) is 2. The van der Waals surface area contributed by atoms with Crippen LogP contribution >= 0.6 is 0 Å². The summed E-state index contributed by atoms with van der Waals surface area (Å²) in [7, 11) is 1.63. The van der Waals surface area contributed by atoms with Crippen LogP contribution in [0.15, 0.2) is 47.6 Å². The van der Waals surface area contributed by atoms with Crippen molar-refractivity contribution in [2.45, 2.75) is 19.4 Å². The lowest BCUT2D eigenvalue weighted by Crippen LogP contribution is -2.27. The number of ether oxygens (including phenoxy) is 2. The van der Waals surface area contributed by atoms with E-state index in [0.717, 1.165) is 23.2 Å². The summed E-state index contributed by atoms with van der Waals surface area (Å²) >= 11 is 0. The second-order valence-corrected chi connectivity index (χ2v) is 6.06. The van der Waals surface area contributed by atoms with Crippen LogP contribution < -0.4 is 5.32 Å². The number of carbonyl (C=O) groups excluding carboxylic acids is 1. The molecule has 0 saturated heterocycles. The molecule has 0 aliphatic carbocycles. The summed E-state index contributed by atoms with van der Waals surface area (Å²) in [6, 6.07) is 12.0. The summed E-state index contributed by atoms with van der Waals surface area (Å²) in [4.78, 5) is 20.9. The molecule has 0 unspecified atom stereocenters. The molecule has 0 saturated carbocycles. The molecular formula is C20H23N3O3. The summed E-state index contributed by atoms with van der Waals surface area (Å²) in [5.74, 6) is 0.576. The molecule has 2 heterocycles. The predicted octanol–water partition coefficient (Wildman–Crippen LogP) is 1.91. The van der Waals surface area contributed by atoms with Crippen molar-refractivity contribution in [3.8, 4) is 0 Å². The van der Waals surface area contributed by atoms with Gasteiger partial charge in [0.2, 0.25) is 11.8 Å². The molecule has 0 fully saturated rings.